The van der Waals surface area contributed by atoms with Crippen LogP contribution in [0.25, 0.3) is 23.1 Å². The van der Waals surface area contributed by atoms with Crippen LogP contribution in [0.3, 0.4) is 0 Å². The number of nitrogens with one attached hydrogen (secondary N) is 1. The Kier molecular flexibility index (Phi) is 4.73. The van der Waals surface area contributed by atoms with E-state index in [1.54, 1.807) is 0 Å². The number of para-hydroxylation sites is 1. The SMILES string of the molecule is C[n+]1c(C=Cc2ccc(N)cc2)c(C(=O)[C@@H]2CCCN2)cc2ccccc21. The Balaban J connectivity index is 1.82. The number of pyridine rings is 1. The van der Waals surface area contributed by atoms with Crippen molar-refractivity contribution < 1.29 is 9.36 Å². The average molecular weight is 358 g/mol. The second kappa shape index (κ2) is 7.33. The topological polar surface area (TPSA) is 59.0 Å². The molecule has 2 heterocycles. The van der Waals surface area contributed by atoms with E-state index in [1.165, 1.54) is 0 Å². The molecule has 1 atom stereocenters. The van der Waals surface area contributed by atoms with Crippen molar-refractivity contribution in [1.29, 1.82) is 0 Å². The molecule has 1 saturated heterocycles. The molecule has 1 aliphatic heterocycles. The first-order chi connectivity index (χ1) is 13.1. The number of rotatable bonds is 4. The average Bonchev–Trinajstić information content (AvgIpc) is 3.23. The summed E-state index contributed by atoms with van der Waals surface area (Å²) in [5, 5.41) is 4.41. The Hall–Kier alpha value is -2.98. The Morgan fingerprint density at radius 1 is 1.15 bits per heavy atom. The lowest BCUT2D eigenvalue weighted by molar-refractivity contribution is -0.646. The van der Waals surface area contributed by atoms with E-state index in [0.29, 0.717) is 0 Å². The maximum absolute atomic E-state index is 13.2. The van der Waals surface area contributed by atoms with Gasteiger partial charge in [0.2, 0.25) is 11.2 Å². The lowest BCUT2D eigenvalue weighted by atomic mass is 9.98. The normalized spacial score (nSPS) is 17.0. The number of nitrogen functional groups attached to an aromatic ring is 1. The number of ketones is 1. The van der Waals surface area contributed by atoms with Crippen molar-refractivity contribution in [2.24, 2.45) is 7.05 Å². The first-order valence-electron chi connectivity index (χ1n) is 9.36. The predicted octanol–water partition coefficient (Wildman–Crippen LogP) is 3.35. The van der Waals surface area contributed by atoms with E-state index in [-0.39, 0.29) is 11.8 Å². The smallest absolute Gasteiger partial charge is 0.216 e. The molecule has 27 heavy (non-hydrogen) atoms. The molecule has 0 saturated carbocycles. The number of hydrogen-bond acceptors (Lipinski definition) is 3. The van der Waals surface area contributed by atoms with Gasteiger partial charge in [0.05, 0.1) is 11.6 Å². The summed E-state index contributed by atoms with van der Waals surface area (Å²) >= 11 is 0. The highest BCUT2D eigenvalue weighted by atomic mass is 16.1. The van der Waals surface area contributed by atoms with Gasteiger partial charge in [0.15, 0.2) is 5.78 Å². The second-order valence-corrected chi connectivity index (χ2v) is 7.07. The van der Waals surface area contributed by atoms with E-state index in [9.17, 15) is 4.79 Å². The number of carbonyl (C=O) groups excluding carboxylic acids is 1. The predicted molar refractivity (Wildman–Crippen MR) is 110 cm³/mol. The van der Waals surface area contributed by atoms with Gasteiger partial charge < -0.3 is 11.1 Å². The highest BCUT2D eigenvalue weighted by Crippen LogP contribution is 2.21. The van der Waals surface area contributed by atoms with E-state index in [4.69, 9.17) is 5.73 Å². The standard InChI is InChI=1S/C23H23N3O/c1-26-21-7-3-2-5-17(21)15-19(23(27)20-6-4-14-25-20)22(26)13-10-16-8-11-18(24)12-9-16/h2-3,5,7-13,15,20,24-25H,4,6,14H2,1H3/p+1/t20-/m0/s1. The largest absolute Gasteiger partial charge is 0.399 e. The van der Waals surface area contributed by atoms with Gasteiger partial charge >= 0.3 is 0 Å². The number of hydrogen-bond donors (Lipinski definition) is 2. The first kappa shape index (κ1) is 17.4. The summed E-state index contributed by atoms with van der Waals surface area (Å²) in [5.41, 5.74) is 10.4. The fourth-order valence-electron chi connectivity index (χ4n) is 3.73. The highest BCUT2D eigenvalue weighted by molar-refractivity contribution is 6.04. The van der Waals surface area contributed by atoms with Crippen molar-refractivity contribution in [3.05, 3.63) is 71.4 Å². The van der Waals surface area contributed by atoms with Gasteiger partial charge in [-0.15, -0.1) is 0 Å². The number of anilines is 1. The number of fused-ring (bicyclic) bond motifs is 1. The third-order valence-corrected chi connectivity index (χ3v) is 5.25. The van der Waals surface area contributed by atoms with E-state index in [0.717, 1.165) is 52.8 Å². The summed E-state index contributed by atoms with van der Waals surface area (Å²) in [6.07, 6.45) is 6.01. The number of carbonyl (C=O) groups is 1. The van der Waals surface area contributed by atoms with Crippen LogP contribution in [0.4, 0.5) is 5.69 Å². The minimum absolute atomic E-state index is 0.0881. The van der Waals surface area contributed by atoms with Gasteiger partial charge in [-0.25, -0.2) is 0 Å². The Labute approximate surface area is 159 Å². The molecular formula is C23H24N3O+. The van der Waals surface area contributed by atoms with E-state index < -0.39 is 0 Å². The molecule has 0 radical (unpaired) electrons. The van der Waals surface area contributed by atoms with Gasteiger partial charge in [-0.3, -0.25) is 4.79 Å². The van der Waals surface area contributed by atoms with Crippen LogP contribution in [0.5, 0.6) is 0 Å². The van der Waals surface area contributed by atoms with Crippen molar-refractivity contribution in [2.45, 2.75) is 18.9 Å². The van der Waals surface area contributed by atoms with E-state index >= 15 is 0 Å². The van der Waals surface area contributed by atoms with Crippen molar-refractivity contribution in [2.75, 3.05) is 12.3 Å². The number of nitrogens with zero attached hydrogens (tertiary/aromatic N) is 1. The van der Waals surface area contributed by atoms with Gasteiger partial charge in [-0.2, -0.15) is 4.57 Å². The third kappa shape index (κ3) is 3.49. The van der Waals surface area contributed by atoms with Gasteiger partial charge in [0.1, 0.15) is 7.05 Å². The maximum Gasteiger partial charge on any atom is 0.216 e. The molecule has 0 aliphatic carbocycles. The molecular weight excluding hydrogens is 334 g/mol. The molecule has 3 N–H and O–H groups in total. The molecule has 4 nitrogen and oxygen atoms in total. The number of Topliss-reactive ketones (excluding diaryl/α,β-unsaturated/α-hetero) is 1. The van der Waals surface area contributed by atoms with E-state index in [1.807, 2.05) is 61.7 Å². The van der Waals surface area contributed by atoms with Gasteiger partial charge in [0, 0.05) is 23.2 Å². The molecule has 0 spiro atoms. The number of nitrogens with two attached hydrogens (primary N) is 1. The number of benzene rings is 2. The van der Waals surface area contributed by atoms with Crippen molar-refractivity contribution >= 4 is 34.5 Å². The summed E-state index contributed by atoms with van der Waals surface area (Å²) in [5.74, 6) is 0.172. The minimum atomic E-state index is -0.0881. The van der Waals surface area contributed by atoms with Crippen LogP contribution in [0, 0.1) is 0 Å². The van der Waals surface area contributed by atoms with Crippen LogP contribution in [0.1, 0.15) is 34.5 Å². The van der Waals surface area contributed by atoms with Crippen LogP contribution < -0.4 is 15.6 Å². The summed E-state index contributed by atoms with van der Waals surface area (Å²) in [6, 6.07) is 17.8. The summed E-state index contributed by atoms with van der Waals surface area (Å²) in [6.45, 7) is 0.909. The Morgan fingerprint density at radius 3 is 2.67 bits per heavy atom. The third-order valence-electron chi connectivity index (χ3n) is 5.25. The first-order valence-corrected chi connectivity index (χ1v) is 9.36. The van der Waals surface area contributed by atoms with Crippen LogP contribution in [0.2, 0.25) is 0 Å². The molecule has 1 aliphatic rings. The van der Waals surface area contributed by atoms with Crippen molar-refractivity contribution in [1.82, 2.24) is 5.32 Å². The molecule has 0 bridgehead atoms. The van der Waals surface area contributed by atoms with Gasteiger partial charge in [-0.05, 0) is 55.3 Å². The lowest BCUT2D eigenvalue weighted by Gasteiger charge is -2.11. The van der Waals surface area contributed by atoms with Crippen molar-refractivity contribution in [3.63, 3.8) is 0 Å². The summed E-state index contributed by atoms with van der Waals surface area (Å²) in [4.78, 5) is 13.2. The zero-order valence-electron chi connectivity index (χ0n) is 15.5. The van der Waals surface area contributed by atoms with Crippen LogP contribution in [-0.2, 0) is 7.05 Å². The van der Waals surface area contributed by atoms with Gasteiger partial charge in [-0.1, -0.05) is 24.3 Å². The van der Waals surface area contributed by atoms with Crippen LogP contribution >= 0.6 is 0 Å². The van der Waals surface area contributed by atoms with Crippen LogP contribution in [0.15, 0.2) is 54.6 Å². The van der Waals surface area contributed by atoms with Crippen LogP contribution in [-0.4, -0.2) is 18.4 Å². The lowest BCUT2D eigenvalue weighted by Crippen LogP contribution is -2.38. The number of aryl methyl sites for hydroxylation is 1. The highest BCUT2D eigenvalue weighted by Gasteiger charge is 2.28. The number of aromatic nitrogens is 1. The fraction of sp³-hybridized carbons (Fsp3) is 0.217. The fourth-order valence-corrected chi connectivity index (χ4v) is 3.73. The van der Waals surface area contributed by atoms with Gasteiger partial charge in [0.25, 0.3) is 0 Å². The molecule has 4 heteroatoms. The van der Waals surface area contributed by atoms with Crippen molar-refractivity contribution in [3.8, 4) is 0 Å². The quantitative estimate of drug-likeness (QED) is 0.427. The Bertz CT molecular complexity index is 1020. The maximum atomic E-state index is 13.2. The molecule has 136 valence electrons. The molecule has 2 aromatic carbocycles. The Morgan fingerprint density at radius 2 is 1.93 bits per heavy atom. The summed E-state index contributed by atoms with van der Waals surface area (Å²) < 4.78 is 2.10. The zero-order chi connectivity index (χ0) is 18.8. The monoisotopic (exact) mass is 358 g/mol. The summed E-state index contributed by atoms with van der Waals surface area (Å²) in [7, 11) is 2.02. The molecule has 0 unspecified atom stereocenters. The minimum Gasteiger partial charge on any atom is -0.399 e. The molecule has 4 rings (SSSR count). The molecule has 1 aromatic heterocycles. The second-order valence-electron chi connectivity index (χ2n) is 7.07. The molecule has 1 fully saturated rings. The molecule has 0 amide bonds. The van der Waals surface area contributed by atoms with E-state index in [2.05, 4.69) is 22.0 Å². The zero-order valence-corrected chi connectivity index (χ0v) is 15.5. The molecule has 3 aromatic rings.